The van der Waals surface area contributed by atoms with Crippen LogP contribution >= 0.6 is 0 Å². The maximum atomic E-state index is 4.87. The molecular formula is C24H39N7. The van der Waals surface area contributed by atoms with Crippen molar-refractivity contribution in [3.63, 3.8) is 0 Å². The minimum atomic E-state index is -0.166. The van der Waals surface area contributed by atoms with Gasteiger partial charge in [-0.05, 0) is 57.3 Å². The summed E-state index contributed by atoms with van der Waals surface area (Å²) >= 11 is 0. The van der Waals surface area contributed by atoms with Crippen molar-refractivity contribution in [1.29, 1.82) is 0 Å². The van der Waals surface area contributed by atoms with E-state index in [9.17, 15) is 0 Å². The molecular weight excluding hydrogens is 386 g/mol. The SMILES string of the molecule is CCN1CCCC1CNC1=NC(NC2CCCCCC2)NC(Nc2ccccc2C)=N1. The van der Waals surface area contributed by atoms with Crippen LogP contribution in [0.25, 0.3) is 0 Å². The average Bonchev–Trinajstić information content (AvgIpc) is 3.08. The molecule has 0 spiro atoms. The Kier molecular flexibility index (Phi) is 7.81. The van der Waals surface area contributed by atoms with Crippen molar-refractivity contribution >= 4 is 17.6 Å². The fourth-order valence-electron chi connectivity index (χ4n) is 4.94. The summed E-state index contributed by atoms with van der Waals surface area (Å²) < 4.78 is 0. The second kappa shape index (κ2) is 11.0. The number of para-hydroxylation sites is 1. The van der Waals surface area contributed by atoms with Gasteiger partial charge in [-0.1, -0.05) is 50.8 Å². The highest BCUT2D eigenvalue weighted by Crippen LogP contribution is 2.19. The number of likely N-dealkylation sites (tertiary alicyclic amines) is 1. The van der Waals surface area contributed by atoms with Gasteiger partial charge in [0, 0.05) is 24.3 Å². The predicted molar refractivity (Wildman–Crippen MR) is 129 cm³/mol. The van der Waals surface area contributed by atoms with Gasteiger partial charge in [0.15, 0.2) is 6.29 Å². The molecule has 2 unspecified atom stereocenters. The molecule has 31 heavy (non-hydrogen) atoms. The highest BCUT2D eigenvalue weighted by molar-refractivity contribution is 6.03. The van der Waals surface area contributed by atoms with Crippen molar-refractivity contribution in [3.8, 4) is 0 Å². The fraction of sp³-hybridized carbons (Fsp3) is 0.667. The van der Waals surface area contributed by atoms with Crippen LogP contribution in [-0.4, -0.2) is 54.8 Å². The number of anilines is 1. The number of rotatable bonds is 6. The van der Waals surface area contributed by atoms with E-state index in [2.05, 4.69) is 58.2 Å². The Morgan fingerprint density at radius 2 is 1.87 bits per heavy atom. The zero-order chi connectivity index (χ0) is 21.5. The molecule has 0 aromatic heterocycles. The Labute approximate surface area is 187 Å². The number of hydrogen-bond donors (Lipinski definition) is 4. The summed E-state index contributed by atoms with van der Waals surface area (Å²) in [5.74, 6) is 1.46. The van der Waals surface area contributed by atoms with Gasteiger partial charge in [-0.2, -0.15) is 4.99 Å². The summed E-state index contributed by atoms with van der Waals surface area (Å²) in [6.45, 7) is 7.56. The Bertz CT molecular complexity index is 767. The number of likely N-dealkylation sites (N-methyl/N-ethyl adjacent to an activating group) is 1. The number of benzene rings is 1. The number of aryl methyl sites for hydroxylation is 1. The van der Waals surface area contributed by atoms with Crippen LogP contribution in [0, 0.1) is 6.92 Å². The molecule has 1 aliphatic carbocycles. The lowest BCUT2D eigenvalue weighted by molar-refractivity contribution is 0.267. The van der Waals surface area contributed by atoms with Crippen LogP contribution in [0.5, 0.6) is 0 Å². The molecule has 4 N–H and O–H groups in total. The van der Waals surface area contributed by atoms with Crippen molar-refractivity contribution < 1.29 is 0 Å². The second-order valence-electron chi connectivity index (χ2n) is 9.06. The van der Waals surface area contributed by atoms with E-state index < -0.39 is 0 Å². The van der Waals surface area contributed by atoms with E-state index in [4.69, 9.17) is 9.98 Å². The first-order valence-electron chi connectivity index (χ1n) is 12.2. The molecule has 1 saturated carbocycles. The van der Waals surface area contributed by atoms with Gasteiger partial charge in [-0.25, -0.2) is 4.99 Å². The lowest BCUT2D eigenvalue weighted by Gasteiger charge is -2.29. The van der Waals surface area contributed by atoms with Crippen molar-refractivity contribution in [2.45, 2.75) is 83.6 Å². The van der Waals surface area contributed by atoms with Gasteiger partial charge in [0.25, 0.3) is 0 Å². The van der Waals surface area contributed by atoms with E-state index in [0.717, 1.165) is 24.7 Å². The minimum absolute atomic E-state index is 0.166. The third-order valence-electron chi connectivity index (χ3n) is 6.79. The standard InChI is InChI=1S/C24H39N7/c1-3-31-16-10-14-20(31)17-25-22-28-23(26-19-12-6-4-5-7-13-19)30-24(29-22)27-21-15-9-8-11-18(21)2/h8-9,11,15,19-20,23,26H,3-7,10,12-14,16-17H2,1-2H3,(H3,25,27,28,29,30). The number of nitrogens with zero attached hydrogens (tertiary/aromatic N) is 3. The molecule has 2 aliphatic heterocycles. The molecule has 0 radical (unpaired) electrons. The monoisotopic (exact) mass is 425 g/mol. The number of hydrogen-bond acceptors (Lipinski definition) is 7. The normalized spacial score (nSPS) is 25.4. The molecule has 170 valence electrons. The van der Waals surface area contributed by atoms with Crippen LogP contribution in [0.15, 0.2) is 34.3 Å². The van der Waals surface area contributed by atoms with Crippen LogP contribution in [-0.2, 0) is 0 Å². The lowest BCUT2D eigenvalue weighted by Crippen LogP contribution is -2.54. The molecule has 1 aromatic rings. The van der Waals surface area contributed by atoms with Gasteiger partial charge in [-0.3, -0.25) is 10.2 Å². The summed E-state index contributed by atoms with van der Waals surface area (Å²) in [4.78, 5) is 12.2. The molecule has 4 rings (SSSR count). The Balaban J connectivity index is 1.44. The highest BCUT2D eigenvalue weighted by Gasteiger charge is 2.25. The van der Waals surface area contributed by atoms with Crippen molar-refractivity contribution in [3.05, 3.63) is 29.8 Å². The molecule has 1 saturated heterocycles. The predicted octanol–water partition coefficient (Wildman–Crippen LogP) is 3.39. The zero-order valence-corrected chi connectivity index (χ0v) is 19.2. The van der Waals surface area contributed by atoms with E-state index in [-0.39, 0.29) is 6.29 Å². The number of guanidine groups is 2. The van der Waals surface area contributed by atoms with E-state index in [1.807, 2.05) is 6.07 Å². The lowest BCUT2D eigenvalue weighted by atomic mass is 10.1. The fourth-order valence-corrected chi connectivity index (χ4v) is 4.94. The van der Waals surface area contributed by atoms with Crippen LogP contribution in [0.3, 0.4) is 0 Å². The van der Waals surface area contributed by atoms with Gasteiger partial charge < -0.3 is 16.0 Å². The van der Waals surface area contributed by atoms with Crippen LogP contribution < -0.4 is 21.3 Å². The molecule has 2 fully saturated rings. The molecule has 3 aliphatic rings. The Morgan fingerprint density at radius 3 is 2.65 bits per heavy atom. The van der Waals surface area contributed by atoms with Crippen LogP contribution in [0.2, 0.25) is 0 Å². The summed E-state index contributed by atoms with van der Waals surface area (Å²) in [6, 6.07) is 9.38. The van der Waals surface area contributed by atoms with E-state index in [0.29, 0.717) is 18.0 Å². The maximum Gasteiger partial charge on any atom is 0.224 e. The van der Waals surface area contributed by atoms with Crippen LogP contribution in [0.1, 0.15) is 63.9 Å². The van der Waals surface area contributed by atoms with Gasteiger partial charge in [0.2, 0.25) is 11.9 Å². The topological polar surface area (TPSA) is 76.1 Å². The van der Waals surface area contributed by atoms with Crippen LogP contribution in [0.4, 0.5) is 5.69 Å². The van der Waals surface area contributed by atoms with Gasteiger partial charge in [0.1, 0.15) is 0 Å². The summed E-state index contributed by atoms with van der Waals surface area (Å²) in [6.07, 6.45) is 10.1. The first-order chi connectivity index (χ1) is 15.2. The third kappa shape index (κ3) is 6.20. The van der Waals surface area contributed by atoms with Crippen molar-refractivity contribution in [1.82, 2.24) is 20.9 Å². The van der Waals surface area contributed by atoms with Gasteiger partial charge >= 0.3 is 0 Å². The molecule has 2 heterocycles. The Morgan fingerprint density at radius 1 is 1.06 bits per heavy atom. The second-order valence-corrected chi connectivity index (χ2v) is 9.06. The molecule has 0 amide bonds. The van der Waals surface area contributed by atoms with E-state index in [1.165, 1.54) is 63.5 Å². The van der Waals surface area contributed by atoms with Gasteiger partial charge in [-0.15, -0.1) is 0 Å². The quantitative estimate of drug-likeness (QED) is 0.526. The maximum absolute atomic E-state index is 4.87. The van der Waals surface area contributed by atoms with Crippen molar-refractivity contribution in [2.24, 2.45) is 9.98 Å². The van der Waals surface area contributed by atoms with E-state index in [1.54, 1.807) is 0 Å². The largest absolute Gasteiger partial charge is 0.353 e. The average molecular weight is 426 g/mol. The first-order valence-corrected chi connectivity index (χ1v) is 12.2. The highest BCUT2D eigenvalue weighted by atomic mass is 15.4. The number of nitrogens with one attached hydrogen (secondary N) is 4. The minimum Gasteiger partial charge on any atom is -0.353 e. The molecule has 7 heteroatoms. The number of aliphatic imine (C=N–C) groups is 2. The smallest absolute Gasteiger partial charge is 0.224 e. The van der Waals surface area contributed by atoms with E-state index >= 15 is 0 Å². The third-order valence-corrected chi connectivity index (χ3v) is 6.79. The molecule has 2 atom stereocenters. The molecule has 7 nitrogen and oxygen atoms in total. The summed E-state index contributed by atoms with van der Waals surface area (Å²) in [7, 11) is 0. The molecule has 1 aromatic carbocycles. The zero-order valence-electron chi connectivity index (χ0n) is 19.2. The van der Waals surface area contributed by atoms with Gasteiger partial charge in [0.05, 0.1) is 0 Å². The molecule has 0 bridgehead atoms. The van der Waals surface area contributed by atoms with Crippen molar-refractivity contribution in [2.75, 3.05) is 25.0 Å². The summed E-state index contributed by atoms with van der Waals surface area (Å²) in [5.41, 5.74) is 2.26. The first kappa shape index (κ1) is 22.1. The summed E-state index contributed by atoms with van der Waals surface area (Å²) in [5, 5.41) is 14.2. The Hall–Kier alpha value is -2.12.